The van der Waals surface area contributed by atoms with Crippen LogP contribution < -0.4 is 0 Å². The van der Waals surface area contributed by atoms with Crippen LogP contribution in [0.15, 0.2) is 12.2 Å². The topological polar surface area (TPSA) is 37.3 Å². The molecular weight excluding hydrogens is 203 g/mol. The van der Waals surface area contributed by atoms with Gasteiger partial charge >= 0.3 is 57.4 Å². The molecule has 78 valence electrons. The second kappa shape index (κ2) is 13.8. The van der Waals surface area contributed by atoms with E-state index in [0.717, 1.165) is 19.3 Å². The fraction of sp³-hybridized carbons (Fsp3) is 0.727. The number of rotatable bonds is 8. The van der Waals surface area contributed by atoms with Gasteiger partial charge in [0.1, 0.15) is 0 Å². The van der Waals surface area contributed by atoms with E-state index >= 15 is 0 Å². The van der Waals surface area contributed by atoms with E-state index in [-0.39, 0.29) is 51.4 Å². The first-order valence-electron chi connectivity index (χ1n) is 5.10. The minimum atomic E-state index is -0.672. The summed E-state index contributed by atoms with van der Waals surface area (Å²) in [7, 11) is 0. The molecule has 0 aliphatic rings. The van der Waals surface area contributed by atoms with Crippen LogP contribution in [0.4, 0.5) is 0 Å². The Labute approximate surface area is 130 Å². The molecule has 0 amide bonds. The summed E-state index contributed by atoms with van der Waals surface area (Å²) < 4.78 is 0. The van der Waals surface area contributed by atoms with Gasteiger partial charge in [-0.3, -0.25) is 4.79 Å². The van der Waals surface area contributed by atoms with Crippen LogP contribution in [0.1, 0.15) is 51.9 Å². The van der Waals surface area contributed by atoms with Crippen molar-refractivity contribution in [2.24, 2.45) is 0 Å². The average Bonchev–Trinajstić information content (AvgIpc) is 2.09. The van der Waals surface area contributed by atoms with Crippen molar-refractivity contribution in [3.05, 3.63) is 12.2 Å². The maximum atomic E-state index is 10.2. The van der Waals surface area contributed by atoms with Gasteiger partial charge in [-0.2, -0.15) is 0 Å². The van der Waals surface area contributed by atoms with E-state index in [1.807, 2.05) is 6.92 Å². The molecule has 14 heavy (non-hydrogen) atoms. The summed E-state index contributed by atoms with van der Waals surface area (Å²) in [6, 6.07) is 0. The molecular formula is C11H21KO2. The summed E-state index contributed by atoms with van der Waals surface area (Å²) in [5.74, 6) is -0.672. The van der Waals surface area contributed by atoms with Crippen LogP contribution in [0.5, 0.6) is 0 Å². The molecule has 0 aliphatic heterocycles. The Morgan fingerprint density at radius 2 is 1.71 bits per heavy atom. The van der Waals surface area contributed by atoms with Crippen molar-refractivity contribution in [2.45, 2.75) is 51.9 Å². The van der Waals surface area contributed by atoms with E-state index in [1.165, 1.54) is 19.3 Å². The summed E-state index contributed by atoms with van der Waals surface area (Å²) in [4.78, 5) is 10.2. The predicted octanol–water partition coefficient (Wildman–Crippen LogP) is 2.73. The number of unbranched alkanes of at least 4 members (excludes halogenated alkanes) is 5. The molecule has 0 unspecified atom stereocenters. The molecule has 0 saturated carbocycles. The molecule has 0 spiro atoms. The van der Waals surface area contributed by atoms with E-state index in [9.17, 15) is 4.79 Å². The number of carboxylic acids is 1. The van der Waals surface area contributed by atoms with Crippen LogP contribution in [-0.2, 0) is 4.79 Å². The molecule has 0 atom stereocenters. The Hall–Kier alpha value is 0.846. The SMILES string of the molecule is C/C=C/CCCCCCCC(=O)O.[KH]. The standard InChI is InChI=1S/C11H20O2.K.H/c1-2-3-4-5-6-7-8-9-10-11(12)13;;/h2-3H,4-10H2,1H3,(H,12,13);;/b3-2+;;. The molecule has 0 aliphatic carbocycles. The predicted molar refractivity (Wildman–Crippen MR) is 61.9 cm³/mol. The monoisotopic (exact) mass is 224 g/mol. The van der Waals surface area contributed by atoms with Gasteiger partial charge in [-0.1, -0.05) is 31.4 Å². The number of hydrogen-bond donors (Lipinski definition) is 1. The van der Waals surface area contributed by atoms with Gasteiger partial charge in [0.15, 0.2) is 0 Å². The van der Waals surface area contributed by atoms with Crippen LogP contribution in [0.25, 0.3) is 0 Å². The Morgan fingerprint density at radius 3 is 2.29 bits per heavy atom. The van der Waals surface area contributed by atoms with Gasteiger partial charge in [0.25, 0.3) is 0 Å². The van der Waals surface area contributed by atoms with Crippen LogP contribution in [-0.4, -0.2) is 62.5 Å². The normalized spacial score (nSPS) is 10.1. The summed E-state index contributed by atoms with van der Waals surface area (Å²) in [5, 5.41) is 8.38. The molecule has 0 rings (SSSR count). The van der Waals surface area contributed by atoms with Gasteiger partial charge in [-0.15, -0.1) is 0 Å². The van der Waals surface area contributed by atoms with Crippen molar-refractivity contribution >= 4 is 57.4 Å². The molecule has 0 aromatic carbocycles. The third-order valence-electron chi connectivity index (χ3n) is 2.00. The maximum absolute atomic E-state index is 10.2. The third kappa shape index (κ3) is 15.3. The minimum absolute atomic E-state index is 0. The van der Waals surface area contributed by atoms with Crippen molar-refractivity contribution < 1.29 is 9.90 Å². The Balaban J connectivity index is 0. The van der Waals surface area contributed by atoms with Crippen LogP contribution >= 0.6 is 0 Å². The zero-order valence-corrected chi connectivity index (χ0v) is 8.46. The second-order valence-corrected chi connectivity index (χ2v) is 3.27. The molecule has 1 N–H and O–H groups in total. The zero-order valence-electron chi connectivity index (χ0n) is 8.46. The Bertz CT molecular complexity index is 155. The molecule has 0 radical (unpaired) electrons. The van der Waals surface area contributed by atoms with E-state index < -0.39 is 5.97 Å². The Kier molecular flexibility index (Phi) is 17.1. The first kappa shape index (κ1) is 17.2. The fourth-order valence-corrected chi connectivity index (χ4v) is 1.24. The summed E-state index contributed by atoms with van der Waals surface area (Å²) >= 11 is 0. The van der Waals surface area contributed by atoms with Crippen LogP contribution in [0.2, 0.25) is 0 Å². The van der Waals surface area contributed by atoms with E-state index in [0.29, 0.717) is 6.42 Å². The molecule has 0 aromatic rings. The molecule has 0 aromatic heterocycles. The fourth-order valence-electron chi connectivity index (χ4n) is 1.24. The van der Waals surface area contributed by atoms with Gasteiger partial charge in [-0.05, 0) is 26.2 Å². The molecule has 0 heterocycles. The van der Waals surface area contributed by atoms with Gasteiger partial charge in [0, 0.05) is 6.42 Å². The van der Waals surface area contributed by atoms with Gasteiger partial charge in [0.2, 0.25) is 0 Å². The molecule has 3 heteroatoms. The molecule has 0 saturated heterocycles. The van der Waals surface area contributed by atoms with Crippen molar-refractivity contribution in [3.63, 3.8) is 0 Å². The van der Waals surface area contributed by atoms with E-state index in [2.05, 4.69) is 12.2 Å². The first-order valence-corrected chi connectivity index (χ1v) is 5.10. The number of carbonyl (C=O) groups is 1. The van der Waals surface area contributed by atoms with Crippen molar-refractivity contribution in [2.75, 3.05) is 0 Å². The molecule has 0 bridgehead atoms. The second-order valence-electron chi connectivity index (χ2n) is 3.27. The zero-order chi connectivity index (χ0) is 9.94. The summed E-state index contributed by atoms with van der Waals surface area (Å²) in [6.45, 7) is 2.03. The molecule has 0 fully saturated rings. The average molecular weight is 224 g/mol. The Morgan fingerprint density at radius 1 is 1.14 bits per heavy atom. The summed E-state index contributed by atoms with van der Waals surface area (Å²) in [5.41, 5.74) is 0. The third-order valence-corrected chi connectivity index (χ3v) is 2.00. The van der Waals surface area contributed by atoms with E-state index in [1.54, 1.807) is 0 Å². The van der Waals surface area contributed by atoms with E-state index in [4.69, 9.17) is 5.11 Å². The van der Waals surface area contributed by atoms with Gasteiger partial charge < -0.3 is 5.11 Å². The number of carboxylic acid groups (broad SMARTS) is 1. The van der Waals surface area contributed by atoms with Gasteiger partial charge in [-0.25, -0.2) is 0 Å². The quantitative estimate of drug-likeness (QED) is 0.391. The van der Waals surface area contributed by atoms with Crippen LogP contribution in [0.3, 0.4) is 0 Å². The summed E-state index contributed by atoms with van der Waals surface area (Å²) in [6.07, 6.45) is 11.3. The number of aliphatic carboxylic acids is 1. The number of allylic oxidation sites excluding steroid dienone is 2. The van der Waals surface area contributed by atoms with Gasteiger partial charge in [0.05, 0.1) is 0 Å². The number of hydrogen-bond acceptors (Lipinski definition) is 1. The van der Waals surface area contributed by atoms with Crippen molar-refractivity contribution in [3.8, 4) is 0 Å². The van der Waals surface area contributed by atoms with Crippen LogP contribution in [0, 0.1) is 0 Å². The van der Waals surface area contributed by atoms with Crippen molar-refractivity contribution in [1.29, 1.82) is 0 Å². The first-order chi connectivity index (χ1) is 6.27. The molecule has 2 nitrogen and oxygen atoms in total. The van der Waals surface area contributed by atoms with Crippen molar-refractivity contribution in [1.82, 2.24) is 0 Å².